The maximum Gasteiger partial charge on any atom is 0.266 e. The maximum absolute atomic E-state index is 13.3. The number of aromatic nitrogens is 2. The van der Waals surface area contributed by atoms with Gasteiger partial charge in [-0.25, -0.2) is 5.06 Å². The zero-order chi connectivity index (χ0) is 33.4. The molecule has 0 fully saturated rings. The van der Waals surface area contributed by atoms with Gasteiger partial charge < -0.3 is 9.64 Å². The standard InChI is InChI=1S/C35H40N4O7S/c1-26-8-3-14-34(27(26)2)45-18-7-15-35(41)39-16-6-12-32-31(11-5-13-33(32)39)30-21-36-37(23-30)22-28-9-4-10-29(20-28)24-46-38(25-40)17-19-47(42,43)44/h3-5,8-11,13-14,20-21,23,25H,6-7,12,15-19,22,24H2,1-2H3,(H,42,43,44). The van der Waals surface area contributed by atoms with E-state index in [-0.39, 0.29) is 19.1 Å². The van der Waals surface area contributed by atoms with Crippen LogP contribution in [0.1, 0.15) is 47.1 Å². The summed E-state index contributed by atoms with van der Waals surface area (Å²) in [6, 6.07) is 19.7. The second kappa shape index (κ2) is 15.4. The monoisotopic (exact) mass is 660 g/mol. The van der Waals surface area contributed by atoms with E-state index in [4.69, 9.17) is 14.1 Å². The zero-order valence-electron chi connectivity index (χ0n) is 26.7. The Balaban J connectivity index is 1.20. The summed E-state index contributed by atoms with van der Waals surface area (Å²) in [5.74, 6) is 0.350. The number of benzene rings is 3. The topological polar surface area (TPSA) is 131 Å². The Hall–Kier alpha value is -4.52. The predicted octanol–water partition coefficient (Wildman–Crippen LogP) is 5.13. The van der Waals surface area contributed by atoms with Crippen molar-refractivity contribution >= 4 is 28.1 Å². The van der Waals surface area contributed by atoms with Gasteiger partial charge in [0.15, 0.2) is 0 Å². The van der Waals surface area contributed by atoms with Crippen molar-refractivity contribution in [1.82, 2.24) is 14.8 Å². The molecule has 4 aromatic rings. The number of aryl methyl sites for hydroxylation is 1. The highest BCUT2D eigenvalue weighted by Crippen LogP contribution is 2.36. The fourth-order valence-electron chi connectivity index (χ4n) is 5.68. The van der Waals surface area contributed by atoms with Crippen LogP contribution < -0.4 is 9.64 Å². The first-order valence-corrected chi connectivity index (χ1v) is 17.2. The van der Waals surface area contributed by atoms with Crippen LogP contribution in [0, 0.1) is 13.8 Å². The van der Waals surface area contributed by atoms with Crippen LogP contribution in [0.15, 0.2) is 73.1 Å². The minimum absolute atomic E-state index is 0.0488. The highest BCUT2D eigenvalue weighted by molar-refractivity contribution is 7.85. The lowest BCUT2D eigenvalue weighted by atomic mass is 9.93. The van der Waals surface area contributed by atoms with Crippen molar-refractivity contribution < 1.29 is 32.1 Å². The van der Waals surface area contributed by atoms with E-state index in [1.54, 1.807) is 0 Å². The first-order chi connectivity index (χ1) is 22.6. The molecule has 2 heterocycles. The summed E-state index contributed by atoms with van der Waals surface area (Å²) in [6.45, 7) is 5.55. The fraction of sp³-hybridized carbons (Fsp3) is 0.343. The molecule has 0 bridgehead atoms. The normalized spacial score (nSPS) is 12.9. The number of amides is 2. The number of hydroxylamine groups is 2. The molecule has 1 N–H and O–H groups in total. The first-order valence-electron chi connectivity index (χ1n) is 15.6. The van der Waals surface area contributed by atoms with Gasteiger partial charge in [-0.1, -0.05) is 48.5 Å². The SMILES string of the molecule is Cc1cccc(OCCCC(=O)N2CCCc3c(-c4cnn(Cc5cccc(CON(C=O)CCS(=O)(=O)O)c5)c4)cccc32)c1C. The number of ether oxygens (including phenoxy) is 1. The summed E-state index contributed by atoms with van der Waals surface area (Å²) >= 11 is 0. The number of rotatable bonds is 15. The molecular formula is C35H40N4O7S. The number of carbonyl (C=O) groups is 2. The Morgan fingerprint density at radius 1 is 1.09 bits per heavy atom. The third-order valence-corrected chi connectivity index (χ3v) is 8.96. The summed E-state index contributed by atoms with van der Waals surface area (Å²) in [5, 5.41) is 5.44. The average molecular weight is 661 g/mol. The van der Waals surface area contributed by atoms with Gasteiger partial charge in [-0.15, -0.1) is 0 Å². The molecule has 3 aromatic carbocycles. The van der Waals surface area contributed by atoms with Crippen LogP contribution in [0.5, 0.6) is 5.75 Å². The quantitative estimate of drug-likeness (QED) is 0.0804. The molecule has 1 aromatic heterocycles. The summed E-state index contributed by atoms with van der Waals surface area (Å²) in [6.07, 6.45) is 7.02. The molecule has 47 heavy (non-hydrogen) atoms. The molecule has 0 spiro atoms. The minimum atomic E-state index is -4.21. The molecule has 12 heteroatoms. The van der Waals surface area contributed by atoms with E-state index in [0.29, 0.717) is 38.9 Å². The van der Waals surface area contributed by atoms with Crippen molar-refractivity contribution in [3.63, 3.8) is 0 Å². The molecule has 0 saturated heterocycles. The molecule has 11 nitrogen and oxygen atoms in total. The molecule has 0 radical (unpaired) electrons. The van der Waals surface area contributed by atoms with Gasteiger partial charge in [-0.05, 0) is 78.6 Å². The van der Waals surface area contributed by atoms with Crippen molar-refractivity contribution in [2.45, 2.75) is 52.7 Å². The molecule has 0 atom stereocenters. The summed E-state index contributed by atoms with van der Waals surface area (Å²) in [5.41, 5.74) is 8.18. The molecule has 248 valence electrons. The highest BCUT2D eigenvalue weighted by Gasteiger charge is 2.25. The molecule has 1 aliphatic rings. The van der Waals surface area contributed by atoms with Crippen LogP contribution in [0.4, 0.5) is 5.69 Å². The molecule has 0 unspecified atom stereocenters. The third kappa shape index (κ3) is 9.06. The van der Waals surface area contributed by atoms with Crippen LogP contribution in [-0.4, -0.2) is 65.6 Å². The zero-order valence-corrected chi connectivity index (χ0v) is 27.5. The van der Waals surface area contributed by atoms with E-state index in [1.165, 1.54) is 5.56 Å². The lowest BCUT2D eigenvalue weighted by Gasteiger charge is -2.31. The van der Waals surface area contributed by atoms with Gasteiger partial charge >= 0.3 is 0 Å². The Morgan fingerprint density at radius 2 is 1.87 bits per heavy atom. The second-order valence-electron chi connectivity index (χ2n) is 11.7. The van der Waals surface area contributed by atoms with Crippen molar-refractivity contribution in [2.75, 3.05) is 30.3 Å². The largest absolute Gasteiger partial charge is 0.493 e. The molecule has 1 aliphatic heterocycles. The molecule has 5 rings (SSSR count). The fourth-order valence-corrected chi connectivity index (χ4v) is 6.09. The molecule has 2 amide bonds. The van der Waals surface area contributed by atoms with Crippen molar-refractivity contribution in [3.05, 3.63) is 101 Å². The Labute approximate surface area is 275 Å². The van der Waals surface area contributed by atoms with Crippen LogP contribution in [0.25, 0.3) is 11.1 Å². The van der Waals surface area contributed by atoms with Gasteiger partial charge in [0.1, 0.15) is 12.4 Å². The van der Waals surface area contributed by atoms with Crippen molar-refractivity contribution in [3.8, 4) is 16.9 Å². The lowest BCUT2D eigenvalue weighted by Crippen LogP contribution is -2.35. The molecule has 0 aliphatic carbocycles. The van der Waals surface area contributed by atoms with Crippen molar-refractivity contribution in [2.24, 2.45) is 0 Å². The van der Waals surface area contributed by atoms with E-state index in [2.05, 4.69) is 24.2 Å². The van der Waals surface area contributed by atoms with Crippen LogP contribution in [0.3, 0.4) is 0 Å². The average Bonchev–Trinajstić information content (AvgIpc) is 3.52. The Morgan fingerprint density at radius 3 is 2.68 bits per heavy atom. The Kier molecular flexibility index (Phi) is 11.1. The second-order valence-corrected chi connectivity index (χ2v) is 13.2. The number of hydrogen-bond acceptors (Lipinski definition) is 7. The van der Waals surface area contributed by atoms with Crippen LogP contribution >= 0.6 is 0 Å². The predicted molar refractivity (Wildman–Crippen MR) is 179 cm³/mol. The number of nitrogens with zero attached hydrogens (tertiary/aromatic N) is 4. The Bertz CT molecular complexity index is 1820. The smallest absolute Gasteiger partial charge is 0.266 e. The van der Waals surface area contributed by atoms with Gasteiger partial charge in [-0.3, -0.25) is 23.7 Å². The van der Waals surface area contributed by atoms with E-state index in [9.17, 15) is 18.0 Å². The third-order valence-electron chi connectivity index (χ3n) is 8.26. The number of fused-ring (bicyclic) bond motifs is 1. The highest BCUT2D eigenvalue weighted by atomic mass is 32.2. The van der Waals surface area contributed by atoms with Gasteiger partial charge in [0.05, 0.1) is 31.6 Å². The number of carbonyl (C=O) groups excluding carboxylic acids is 2. The minimum Gasteiger partial charge on any atom is -0.493 e. The van der Waals surface area contributed by atoms with Gasteiger partial charge in [-0.2, -0.15) is 13.5 Å². The summed E-state index contributed by atoms with van der Waals surface area (Å²) < 4.78 is 38.7. The number of anilines is 1. The molecule has 0 saturated carbocycles. The summed E-state index contributed by atoms with van der Waals surface area (Å²) in [4.78, 5) is 31.9. The van der Waals surface area contributed by atoms with Gasteiger partial charge in [0, 0.05) is 30.4 Å². The maximum atomic E-state index is 13.3. The summed E-state index contributed by atoms with van der Waals surface area (Å²) in [7, 11) is -4.21. The van der Waals surface area contributed by atoms with E-state index >= 15 is 0 Å². The number of hydrogen-bond donors (Lipinski definition) is 1. The van der Waals surface area contributed by atoms with Crippen LogP contribution in [-0.2, 0) is 44.1 Å². The van der Waals surface area contributed by atoms with Gasteiger partial charge in [0.2, 0.25) is 12.3 Å². The van der Waals surface area contributed by atoms with Crippen LogP contribution in [0.2, 0.25) is 0 Å². The van der Waals surface area contributed by atoms with E-state index in [0.717, 1.165) is 62.7 Å². The van der Waals surface area contributed by atoms with E-state index in [1.807, 2.05) is 77.4 Å². The first kappa shape index (κ1) is 33.8. The van der Waals surface area contributed by atoms with Crippen molar-refractivity contribution in [1.29, 1.82) is 0 Å². The lowest BCUT2D eigenvalue weighted by molar-refractivity contribution is -0.175. The van der Waals surface area contributed by atoms with E-state index < -0.39 is 15.9 Å². The van der Waals surface area contributed by atoms with Gasteiger partial charge in [0.25, 0.3) is 10.1 Å². The molecular weight excluding hydrogens is 620 g/mol.